The topological polar surface area (TPSA) is 58.6 Å². The van der Waals surface area contributed by atoms with Gasteiger partial charge < -0.3 is 15.0 Å². The maximum absolute atomic E-state index is 12.3. The Balaban J connectivity index is 1.45. The van der Waals surface area contributed by atoms with Crippen molar-refractivity contribution in [3.05, 3.63) is 59.7 Å². The second kappa shape index (κ2) is 9.46. The van der Waals surface area contributed by atoms with Crippen LogP contribution < -0.4 is 10.1 Å². The van der Waals surface area contributed by atoms with Crippen LogP contribution in [0, 0.1) is 0 Å². The molecule has 0 unspecified atom stereocenters. The highest BCUT2D eigenvalue weighted by Crippen LogP contribution is 2.22. The summed E-state index contributed by atoms with van der Waals surface area (Å²) in [6.07, 6.45) is 2.17. The molecule has 2 amide bonds. The summed E-state index contributed by atoms with van der Waals surface area (Å²) in [5.74, 6) is 1.19. The Kier molecular flexibility index (Phi) is 6.76. The summed E-state index contributed by atoms with van der Waals surface area (Å²) in [4.78, 5) is 27.3. The number of rotatable bonds is 7. The molecule has 2 aromatic rings. The van der Waals surface area contributed by atoms with Crippen LogP contribution in [0.15, 0.2) is 53.4 Å². The van der Waals surface area contributed by atoms with Crippen molar-refractivity contribution in [2.75, 3.05) is 26.0 Å². The molecule has 1 aliphatic rings. The number of nitrogens with zero attached hydrogens (tertiary/aromatic N) is 1. The summed E-state index contributed by atoms with van der Waals surface area (Å²) < 4.78 is 5.19. The summed E-state index contributed by atoms with van der Waals surface area (Å²) >= 11 is 1.47. The van der Waals surface area contributed by atoms with E-state index in [1.54, 1.807) is 7.11 Å². The highest BCUT2D eigenvalue weighted by atomic mass is 32.2. The summed E-state index contributed by atoms with van der Waals surface area (Å²) in [7, 11) is 1.63. The van der Waals surface area contributed by atoms with E-state index in [-0.39, 0.29) is 11.8 Å². The van der Waals surface area contributed by atoms with Gasteiger partial charge in [0, 0.05) is 30.1 Å². The van der Waals surface area contributed by atoms with E-state index < -0.39 is 0 Å². The number of hydrogen-bond acceptors (Lipinski definition) is 4. The van der Waals surface area contributed by atoms with E-state index in [2.05, 4.69) is 5.32 Å². The molecule has 0 aromatic heterocycles. The lowest BCUT2D eigenvalue weighted by Crippen LogP contribution is -2.27. The third-order valence-corrected chi connectivity index (χ3v) is 5.49. The van der Waals surface area contributed by atoms with E-state index in [4.69, 9.17) is 4.74 Å². The summed E-state index contributed by atoms with van der Waals surface area (Å²) in [6, 6.07) is 15.1. The number of benzene rings is 2. The Morgan fingerprint density at radius 3 is 2.56 bits per heavy atom. The largest absolute Gasteiger partial charge is 0.497 e. The van der Waals surface area contributed by atoms with Crippen LogP contribution in [-0.2, 0) is 11.3 Å². The molecule has 0 aliphatic carbocycles. The third-order valence-electron chi connectivity index (χ3n) is 4.49. The monoisotopic (exact) mass is 384 g/mol. The number of carbonyl (C=O) groups excluding carboxylic acids is 2. The molecular weight excluding hydrogens is 360 g/mol. The standard InChI is InChI=1S/C21H24N2O3S/c1-26-18-5-4-6-19(13-18)27-15-20(24)22-14-16-7-9-17(10-8-16)21(25)23-11-2-3-12-23/h4-10,13H,2-3,11-12,14-15H2,1H3,(H,22,24). The molecule has 0 saturated carbocycles. The molecule has 5 nitrogen and oxygen atoms in total. The van der Waals surface area contributed by atoms with Crippen molar-refractivity contribution in [1.29, 1.82) is 0 Å². The van der Waals surface area contributed by atoms with Crippen molar-refractivity contribution in [2.24, 2.45) is 0 Å². The number of amides is 2. The molecule has 1 aliphatic heterocycles. The zero-order valence-electron chi connectivity index (χ0n) is 15.4. The van der Waals surface area contributed by atoms with Gasteiger partial charge in [-0.05, 0) is 48.7 Å². The van der Waals surface area contributed by atoms with Gasteiger partial charge in [-0.1, -0.05) is 18.2 Å². The number of ether oxygens (including phenoxy) is 1. The van der Waals surface area contributed by atoms with Gasteiger partial charge in [0.25, 0.3) is 5.91 Å². The van der Waals surface area contributed by atoms with Crippen LogP contribution in [0.25, 0.3) is 0 Å². The van der Waals surface area contributed by atoms with Gasteiger partial charge in [0.05, 0.1) is 12.9 Å². The molecule has 3 rings (SSSR count). The second-order valence-corrected chi connectivity index (χ2v) is 7.49. The van der Waals surface area contributed by atoms with Crippen molar-refractivity contribution < 1.29 is 14.3 Å². The SMILES string of the molecule is COc1cccc(SCC(=O)NCc2ccc(C(=O)N3CCCC3)cc2)c1. The van der Waals surface area contributed by atoms with Crippen LogP contribution in [0.3, 0.4) is 0 Å². The molecule has 1 fully saturated rings. The van der Waals surface area contributed by atoms with E-state index in [0.717, 1.165) is 42.1 Å². The maximum Gasteiger partial charge on any atom is 0.253 e. The number of thioether (sulfide) groups is 1. The van der Waals surface area contributed by atoms with Crippen molar-refractivity contribution in [2.45, 2.75) is 24.3 Å². The van der Waals surface area contributed by atoms with E-state index in [9.17, 15) is 9.59 Å². The van der Waals surface area contributed by atoms with E-state index >= 15 is 0 Å². The molecular formula is C21H24N2O3S. The zero-order chi connectivity index (χ0) is 19.1. The van der Waals surface area contributed by atoms with Crippen LogP contribution in [-0.4, -0.2) is 42.7 Å². The Hall–Kier alpha value is -2.47. The molecule has 0 radical (unpaired) electrons. The van der Waals surface area contributed by atoms with Gasteiger partial charge in [0.2, 0.25) is 5.91 Å². The Labute approximate surface area is 164 Å². The lowest BCUT2D eigenvalue weighted by molar-refractivity contribution is -0.118. The minimum atomic E-state index is -0.0277. The molecule has 2 aromatic carbocycles. The first kappa shape index (κ1) is 19.3. The van der Waals surface area contributed by atoms with Crippen LogP contribution in [0.2, 0.25) is 0 Å². The molecule has 6 heteroatoms. The predicted octanol–water partition coefficient (Wildman–Crippen LogP) is 3.34. The van der Waals surface area contributed by atoms with Gasteiger partial charge >= 0.3 is 0 Å². The summed E-state index contributed by atoms with van der Waals surface area (Å²) in [5, 5.41) is 2.92. The van der Waals surface area contributed by atoms with Gasteiger partial charge in [-0.2, -0.15) is 0 Å². The summed E-state index contributed by atoms with van der Waals surface area (Å²) in [6.45, 7) is 2.15. The van der Waals surface area contributed by atoms with Crippen molar-refractivity contribution in [3.8, 4) is 5.75 Å². The van der Waals surface area contributed by atoms with E-state index in [1.165, 1.54) is 11.8 Å². The van der Waals surface area contributed by atoms with Gasteiger partial charge in [-0.3, -0.25) is 9.59 Å². The number of likely N-dealkylation sites (tertiary alicyclic amines) is 1. The average molecular weight is 385 g/mol. The Morgan fingerprint density at radius 1 is 1.11 bits per heavy atom. The van der Waals surface area contributed by atoms with Gasteiger partial charge in [-0.15, -0.1) is 11.8 Å². The number of hydrogen-bond donors (Lipinski definition) is 1. The molecule has 27 heavy (non-hydrogen) atoms. The van der Waals surface area contributed by atoms with E-state index in [1.807, 2.05) is 53.4 Å². The molecule has 1 heterocycles. The first-order valence-electron chi connectivity index (χ1n) is 9.07. The lowest BCUT2D eigenvalue weighted by atomic mass is 10.1. The van der Waals surface area contributed by atoms with Crippen LogP contribution >= 0.6 is 11.8 Å². The first-order valence-corrected chi connectivity index (χ1v) is 10.1. The smallest absolute Gasteiger partial charge is 0.253 e. The predicted molar refractivity (Wildman–Crippen MR) is 107 cm³/mol. The maximum atomic E-state index is 12.3. The van der Waals surface area contributed by atoms with Crippen LogP contribution in [0.1, 0.15) is 28.8 Å². The minimum Gasteiger partial charge on any atom is -0.497 e. The minimum absolute atomic E-state index is 0.0277. The molecule has 142 valence electrons. The van der Waals surface area contributed by atoms with Crippen LogP contribution in [0.5, 0.6) is 5.75 Å². The fourth-order valence-electron chi connectivity index (χ4n) is 2.96. The summed E-state index contributed by atoms with van der Waals surface area (Å²) in [5.41, 5.74) is 1.69. The number of nitrogens with one attached hydrogen (secondary N) is 1. The molecule has 0 bridgehead atoms. The average Bonchev–Trinajstić information content (AvgIpc) is 3.25. The quantitative estimate of drug-likeness (QED) is 0.744. The van der Waals surface area contributed by atoms with Crippen LogP contribution in [0.4, 0.5) is 0 Å². The van der Waals surface area contributed by atoms with Crippen molar-refractivity contribution >= 4 is 23.6 Å². The second-order valence-electron chi connectivity index (χ2n) is 6.44. The molecule has 0 atom stereocenters. The third kappa shape index (κ3) is 5.50. The normalized spacial score (nSPS) is 13.4. The fourth-order valence-corrected chi connectivity index (χ4v) is 3.73. The zero-order valence-corrected chi connectivity index (χ0v) is 16.3. The number of methoxy groups -OCH3 is 1. The van der Waals surface area contributed by atoms with Gasteiger partial charge in [0.1, 0.15) is 5.75 Å². The van der Waals surface area contributed by atoms with Gasteiger partial charge in [-0.25, -0.2) is 0 Å². The Bertz CT molecular complexity index is 786. The molecule has 1 N–H and O–H groups in total. The van der Waals surface area contributed by atoms with Crippen molar-refractivity contribution in [1.82, 2.24) is 10.2 Å². The molecule has 0 spiro atoms. The van der Waals surface area contributed by atoms with Gasteiger partial charge in [0.15, 0.2) is 0 Å². The highest BCUT2D eigenvalue weighted by Gasteiger charge is 2.19. The lowest BCUT2D eigenvalue weighted by Gasteiger charge is -2.15. The first-order chi connectivity index (χ1) is 13.2. The Morgan fingerprint density at radius 2 is 1.85 bits per heavy atom. The van der Waals surface area contributed by atoms with E-state index in [0.29, 0.717) is 17.9 Å². The van der Waals surface area contributed by atoms with Crippen molar-refractivity contribution in [3.63, 3.8) is 0 Å². The number of carbonyl (C=O) groups is 2. The fraction of sp³-hybridized carbons (Fsp3) is 0.333. The highest BCUT2D eigenvalue weighted by molar-refractivity contribution is 8.00. The molecule has 1 saturated heterocycles.